The normalized spacial score (nSPS) is 13.5. The molecule has 1 aliphatic heterocycles. The standard InChI is InChI=1S/C13H16N2O/c1-15(8-3-7-14)12-5-6-13-11(10-12)4-2-9-16-13/h5-6,10H,2-4,8-9H2,1H3. The van der Waals surface area contributed by atoms with E-state index >= 15 is 0 Å². The Hall–Kier alpha value is -1.69. The maximum absolute atomic E-state index is 8.56. The highest BCUT2D eigenvalue weighted by Gasteiger charge is 2.11. The quantitative estimate of drug-likeness (QED) is 0.778. The summed E-state index contributed by atoms with van der Waals surface area (Å²) in [4.78, 5) is 2.11. The Morgan fingerprint density at radius 1 is 1.50 bits per heavy atom. The zero-order valence-corrected chi connectivity index (χ0v) is 9.57. The molecule has 0 saturated carbocycles. The summed E-state index contributed by atoms with van der Waals surface area (Å²) in [6, 6.07) is 8.43. The number of ether oxygens (including phenoxy) is 1. The molecule has 1 aromatic rings. The average molecular weight is 216 g/mol. The molecule has 1 heterocycles. The number of anilines is 1. The van der Waals surface area contributed by atoms with E-state index in [1.165, 1.54) is 11.3 Å². The van der Waals surface area contributed by atoms with Crippen LogP contribution in [-0.2, 0) is 6.42 Å². The van der Waals surface area contributed by atoms with Crippen molar-refractivity contribution in [3.63, 3.8) is 0 Å². The third kappa shape index (κ3) is 2.27. The van der Waals surface area contributed by atoms with Crippen LogP contribution in [0.25, 0.3) is 0 Å². The van der Waals surface area contributed by atoms with Crippen LogP contribution < -0.4 is 9.64 Å². The largest absolute Gasteiger partial charge is 0.493 e. The number of fused-ring (bicyclic) bond motifs is 1. The number of nitrogens with zero attached hydrogens (tertiary/aromatic N) is 2. The molecule has 3 heteroatoms. The minimum atomic E-state index is 0.560. The number of nitriles is 1. The fraction of sp³-hybridized carbons (Fsp3) is 0.462. The van der Waals surface area contributed by atoms with Gasteiger partial charge in [0.05, 0.1) is 19.1 Å². The molecule has 1 aliphatic rings. The van der Waals surface area contributed by atoms with E-state index in [9.17, 15) is 0 Å². The lowest BCUT2D eigenvalue weighted by Gasteiger charge is -2.22. The molecule has 0 spiro atoms. The van der Waals surface area contributed by atoms with Crippen LogP contribution in [0.3, 0.4) is 0 Å². The summed E-state index contributed by atoms with van der Waals surface area (Å²) in [5.74, 6) is 1.02. The molecule has 0 saturated heterocycles. The van der Waals surface area contributed by atoms with Crippen molar-refractivity contribution in [1.29, 1.82) is 5.26 Å². The Morgan fingerprint density at radius 2 is 2.38 bits per heavy atom. The first-order chi connectivity index (χ1) is 7.81. The van der Waals surface area contributed by atoms with Gasteiger partial charge in [-0.1, -0.05) is 0 Å². The van der Waals surface area contributed by atoms with E-state index in [4.69, 9.17) is 10.00 Å². The SMILES string of the molecule is CN(CCC#N)c1ccc2c(c1)CCCO2. The molecule has 2 rings (SSSR count). The van der Waals surface area contributed by atoms with Crippen LogP contribution in [0.1, 0.15) is 18.4 Å². The zero-order valence-electron chi connectivity index (χ0n) is 9.57. The minimum Gasteiger partial charge on any atom is -0.493 e. The topological polar surface area (TPSA) is 36.3 Å². The Kier molecular flexibility index (Phi) is 3.31. The summed E-state index contributed by atoms with van der Waals surface area (Å²) in [5, 5.41) is 8.56. The molecule has 0 bridgehead atoms. The second-order valence-corrected chi connectivity index (χ2v) is 4.07. The Morgan fingerprint density at radius 3 is 3.19 bits per heavy atom. The van der Waals surface area contributed by atoms with E-state index in [0.717, 1.165) is 31.7 Å². The van der Waals surface area contributed by atoms with Gasteiger partial charge in [0.15, 0.2) is 0 Å². The number of benzene rings is 1. The molecule has 0 fully saturated rings. The molecule has 0 unspecified atom stereocenters. The van der Waals surface area contributed by atoms with Gasteiger partial charge in [-0.05, 0) is 36.6 Å². The Labute approximate surface area is 96.2 Å². The Balaban J connectivity index is 2.13. The first kappa shape index (κ1) is 10.8. The monoisotopic (exact) mass is 216 g/mol. The predicted octanol–water partition coefficient (Wildman–Crippen LogP) is 2.36. The Bertz CT molecular complexity index is 409. The van der Waals surface area contributed by atoms with Crippen molar-refractivity contribution in [2.24, 2.45) is 0 Å². The van der Waals surface area contributed by atoms with E-state index in [1.54, 1.807) is 0 Å². The molecular weight excluding hydrogens is 200 g/mol. The summed E-state index contributed by atoms with van der Waals surface area (Å²) < 4.78 is 5.57. The van der Waals surface area contributed by atoms with Crippen LogP contribution in [0.2, 0.25) is 0 Å². The highest BCUT2D eigenvalue weighted by molar-refractivity contribution is 5.53. The van der Waals surface area contributed by atoms with E-state index in [2.05, 4.69) is 23.1 Å². The lowest BCUT2D eigenvalue weighted by atomic mass is 10.1. The second-order valence-electron chi connectivity index (χ2n) is 4.07. The highest BCUT2D eigenvalue weighted by Crippen LogP contribution is 2.28. The first-order valence-electron chi connectivity index (χ1n) is 5.65. The summed E-state index contributed by atoms with van der Waals surface area (Å²) in [6.45, 7) is 1.60. The predicted molar refractivity (Wildman–Crippen MR) is 63.8 cm³/mol. The van der Waals surface area contributed by atoms with Gasteiger partial charge in [-0.25, -0.2) is 0 Å². The van der Waals surface area contributed by atoms with Crippen LogP contribution >= 0.6 is 0 Å². The molecule has 3 nitrogen and oxygen atoms in total. The van der Waals surface area contributed by atoms with Gasteiger partial charge >= 0.3 is 0 Å². The van der Waals surface area contributed by atoms with Crippen LogP contribution in [0.4, 0.5) is 5.69 Å². The molecule has 1 aromatic carbocycles. The van der Waals surface area contributed by atoms with Crippen molar-refractivity contribution in [2.75, 3.05) is 25.1 Å². The number of hydrogen-bond acceptors (Lipinski definition) is 3. The van der Waals surface area contributed by atoms with Crippen molar-refractivity contribution in [1.82, 2.24) is 0 Å². The van der Waals surface area contributed by atoms with Crippen molar-refractivity contribution in [3.05, 3.63) is 23.8 Å². The number of aryl methyl sites for hydroxylation is 1. The van der Waals surface area contributed by atoms with Gasteiger partial charge in [0.1, 0.15) is 5.75 Å². The molecular formula is C13H16N2O. The average Bonchev–Trinajstić information content (AvgIpc) is 2.35. The summed E-state index contributed by atoms with van der Waals surface area (Å²) in [5.41, 5.74) is 2.45. The van der Waals surface area contributed by atoms with Crippen LogP contribution in [0.15, 0.2) is 18.2 Å². The highest BCUT2D eigenvalue weighted by atomic mass is 16.5. The van der Waals surface area contributed by atoms with Gasteiger partial charge in [-0.2, -0.15) is 5.26 Å². The third-order valence-corrected chi connectivity index (χ3v) is 2.89. The third-order valence-electron chi connectivity index (χ3n) is 2.89. The molecule has 0 radical (unpaired) electrons. The van der Waals surface area contributed by atoms with Crippen molar-refractivity contribution < 1.29 is 4.74 Å². The van der Waals surface area contributed by atoms with Gasteiger partial charge in [-0.3, -0.25) is 0 Å². The summed E-state index contributed by atoms with van der Waals surface area (Å²) >= 11 is 0. The van der Waals surface area contributed by atoms with Crippen LogP contribution in [0, 0.1) is 11.3 Å². The lowest BCUT2D eigenvalue weighted by molar-refractivity contribution is 0.288. The lowest BCUT2D eigenvalue weighted by Crippen LogP contribution is -2.18. The van der Waals surface area contributed by atoms with Gasteiger partial charge in [0.25, 0.3) is 0 Å². The van der Waals surface area contributed by atoms with E-state index < -0.39 is 0 Å². The van der Waals surface area contributed by atoms with Gasteiger partial charge in [0, 0.05) is 19.3 Å². The van der Waals surface area contributed by atoms with Gasteiger partial charge in [-0.15, -0.1) is 0 Å². The van der Waals surface area contributed by atoms with E-state index in [-0.39, 0.29) is 0 Å². The van der Waals surface area contributed by atoms with Crippen LogP contribution in [0.5, 0.6) is 5.75 Å². The maximum Gasteiger partial charge on any atom is 0.122 e. The molecule has 0 atom stereocenters. The zero-order chi connectivity index (χ0) is 11.4. The summed E-state index contributed by atoms with van der Waals surface area (Å²) in [6.07, 6.45) is 2.75. The molecule has 0 aromatic heterocycles. The van der Waals surface area contributed by atoms with Crippen LogP contribution in [-0.4, -0.2) is 20.2 Å². The summed E-state index contributed by atoms with van der Waals surface area (Å²) in [7, 11) is 2.02. The minimum absolute atomic E-state index is 0.560. The fourth-order valence-corrected chi connectivity index (χ4v) is 1.93. The van der Waals surface area contributed by atoms with E-state index in [1.807, 2.05) is 13.1 Å². The molecule has 84 valence electrons. The smallest absolute Gasteiger partial charge is 0.122 e. The first-order valence-corrected chi connectivity index (χ1v) is 5.65. The fourth-order valence-electron chi connectivity index (χ4n) is 1.93. The van der Waals surface area contributed by atoms with Gasteiger partial charge in [0.2, 0.25) is 0 Å². The number of rotatable bonds is 3. The molecule has 0 N–H and O–H groups in total. The molecule has 0 amide bonds. The molecule has 0 aliphatic carbocycles. The van der Waals surface area contributed by atoms with Crippen molar-refractivity contribution in [3.8, 4) is 11.8 Å². The maximum atomic E-state index is 8.56. The van der Waals surface area contributed by atoms with Crippen molar-refractivity contribution in [2.45, 2.75) is 19.3 Å². The van der Waals surface area contributed by atoms with Gasteiger partial charge < -0.3 is 9.64 Å². The second kappa shape index (κ2) is 4.89. The van der Waals surface area contributed by atoms with E-state index in [0.29, 0.717) is 6.42 Å². The number of hydrogen-bond donors (Lipinski definition) is 0. The molecule has 16 heavy (non-hydrogen) atoms. The van der Waals surface area contributed by atoms with Crippen molar-refractivity contribution >= 4 is 5.69 Å².